The number of thiocarbonyl (C=S) groups is 1. The molecule has 2 N–H and O–H groups in total. The van der Waals surface area contributed by atoms with Crippen LogP contribution in [0.2, 0.25) is 0 Å². The van der Waals surface area contributed by atoms with Crippen LogP contribution < -0.4 is 15.4 Å². The lowest BCUT2D eigenvalue weighted by Gasteiger charge is -2.12. The fourth-order valence-corrected chi connectivity index (χ4v) is 2.49. The monoisotopic (exact) mass is 328 g/mol. The Morgan fingerprint density at radius 1 is 1.13 bits per heavy atom. The molecule has 4 heteroatoms. The Kier molecular flexibility index (Phi) is 6.41. The fourth-order valence-electron chi connectivity index (χ4n) is 2.27. The molecule has 0 fully saturated rings. The minimum atomic E-state index is 0.571. The van der Waals surface area contributed by atoms with Crippen molar-refractivity contribution >= 4 is 23.0 Å². The van der Waals surface area contributed by atoms with Crippen molar-refractivity contribution in [1.29, 1.82) is 0 Å². The molecule has 0 aliphatic rings. The maximum Gasteiger partial charge on any atom is 0.170 e. The first-order valence-corrected chi connectivity index (χ1v) is 8.27. The number of ether oxygens (including phenoxy) is 1. The van der Waals surface area contributed by atoms with Gasteiger partial charge in [-0.1, -0.05) is 44.2 Å². The molecule has 2 rings (SSSR count). The summed E-state index contributed by atoms with van der Waals surface area (Å²) in [5.74, 6) is 1.38. The minimum Gasteiger partial charge on any atom is -0.497 e. The molecule has 3 nitrogen and oxygen atoms in total. The van der Waals surface area contributed by atoms with Gasteiger partial charge < -0.3 is 15.4 Å². The van der Waals surface area contributed by atoms with E-state index in [0.717, 1.165) is 24.4 Å². The molecule has 0 aliphatic heterocycles. The fraction of sp³-hybridized carbons (Fsp3) is 0.316. The molecule has 0 amide bonds. The van der Waals surface area contributed by atoms with Crippen molar-refractivity contribution in [3.63, 3.8) is 0 Å². The molecule has 0 aliphatic carbocycles. The van der Waals surface area contributed by atoms with Crippen molar-refractivity contribution in [3.8, 4) is 5.75 Å². The van der Waals surface area contributed by atoms with Crippen molar-refractivity contribution in [2.45, 2.75) is 26.2 Å². The summed E-state index contributed by atoms with van der Waals surface area (Å²) in [6, 6.07) is 16.5. The van der Waals surface area contributed by atoms with Crippen LogP contribution in [0.5, 0.6) is 5.75 Å². The van der Waals surface area contributed by atoms with Crippen LogP contribution >= 0.6 is 12.2 Å². The van der Waals surface area contributed by atoms with Crippen molar-refractivity contribution in [2.75, 3.05) is 19.0 Å². The van der Waals surface area contributed by atoms with Crippen LogP contribution in [0.15, 0.2) is 48.5 Å². The number of hydrogen-bond acceptors (Lipinski definition) is 2. The molecular formula is C19H24N2OS. The van der Waals surface area contributed by atoms with E-state index < -0.39 is 0 Å². The highest BCUT2D eigenvalue weighted by atomic mass is 32.1. The summed E-state index contributed by atoms with van der Waals surface area (Å²) in [4.78, 5) is 0. The normalized spacial score (nSPS) is 10.4. The Labute approximate surface area is 144 Å². The van der Waals surface area contributed by atoms with Gasteiger partial charge in [-0.15, -0.1) is 0 Å². The van der Waals surface area contributed by atoms with Gasteiger partial charge in [-0.2, -0.15) is 0 Å². The number of rotatable bonds is 6. The van der Waals surface area contributed by atoms with Crippen molar-refractivity contribution in [1.82, 2.24) is 5.32 Å². The minimum absolute atomic E-state index is 0.571. The number of nitrogens with one attached hydrogen (secondary N) is 2. The molecule has 0 bridgehead atoms. The van der Waals surface area contributed by atoms with E-state index >= 15 is 0 Å². The average molecular weight is 328 g/mol. The van der Waals surface area contributed by atoms with Crippen LogP contribution in [0, 0.1) is 0 Å². The van der Waals surface area contributed by atoms with E-state index in [9.17, 15) is 0 Å². The third kappa shape index (κ3) is 5.57. The number of anilines is 1. The third-order valence-electron chi connectivity index (χ3n) is 3.67. The zero-order valence-corrected chi connectivity index (χ0v) is 14.7. The van der Waals surface area contributed by atoms with Gasteiger partial charge in [0.1, 0.15) is 5.75 Å². The second-order valence-electron chi connectivity index (χ2n) is 5.76. The Bertz CT molecular complexity index is 638. The van der Waals surface area contributed by atoms with Gasteiger partial charge in [0.15, 0.2) is 5.11 Å². The highest BCUT2D eigenvalue weighted by molar-refractivity contribution is 7.80. The molecule has 0 spiro atoms. The second-order valence-corrected chi connectivity index (χ2v) is 6.17. The van der Waals surface area contributed by atoms with Gasteiger partial charge in [0.05, 0.1) is 7.11 Å². The highest BCUT2D eigenvalue weighted by Gasteiger charge is 2.01. The maximum absolute atomic E-state index is 5.32. The summed E-state index contributed by atoms with van der Waals surface area (Å²) >= 11 is 5.32. The van der Waals surface area contributed by atoms with Gasteiger partial charge in [0, 0.05) is 18.3 Å². The Balaban J connectivity index is 1.78. The van der Waals surface area contributed by atoms with Gasteiger partial charge >= 0.3 is 0 Å². The van der Waals surface area contributed by atoms with Gasteiger partial charge in [-0.05, 0) is 47.8 Å². The molecule has 2 aromatic rings. The predicted molar refractivity (Wildman–Crippen MR) is 101 cm³/mol. The Hall–Kier alpha value is -2.07. The lowest BCUT2D eigenvalue weighted by atomic mass is 10.0. The molecule has 23 heavy (non-hydrogen) atoms. The first-order valence-electron chi connectivity index (χ1n) is 7.86. The Morgan fingerprint density at radius 2 is 1.87 bits per heavy atom. The lowest BCUT2D eigenvalue weighted by molar-refractivity contribution is 0.415. The smallest absolute Gasteiger partial charge is 0.170 e. The van der Waals surface area contributed by atoms with E-state index in [1.165, 1.54) is 11.1 Å². The summed E-state index contributed by atoms with van der Waals surface area (Å²) in [7, 11) is 1.65. The quantitative estimate of drug-likeness (QED) is 0.773. The molecular weight excluding hydrogens is 304 g/mol. The second kappa shape index (κ2) is 8.53. The zero-order chi connectivity index (χ0) is 16.7. The molecule has 0 saturated carbocycles. The molecule has 0 atom stereocenters. The Morgan fingerprint density at radius 3 is 2.52 bits per heavy atom. The SMILES string of the molecule is COc1cccc(NC(=S)NCCc2ccc(C(C)C)cc2)c1. The van der Waals surface area contributed by atoms with Crippen molar-refractivity contribution in [3.05, 3.63) is 59.7 Å². The highest BCUT2D eigenvalue weighted by Crippen LogP contribution is 2.17. The summed E-state index contributed by atoms with van der Waals surface area (Å²) in [5.41, 5.74) is 3.60. The molecule has 122 valence electrons. The maximum atomic E-state index is 5.32. The topological polar surface area (TPSA) is 33.3 Å². The molecule has 2 aromatic carbocycles. The van der Waals surface area contributed by atoms with Crippen LogP contribution in [0.1, 0.15) is 30.9 Å². The van der Waals surface area contributed by atoms with Gasteiger partial charge in [-0.25, -0.2) is 0 Å². The van der Waals surface area contributed by atoms with E-state index in [-0.39, 0.29) is 0 Å². The number of hydrogen-bond donors (Lipinski definition) is 2. The summed E-state index contributed by atoms with van der Waals surface area (Å²) in [6.45, 7) is 5.22. The number of methoxy groups -OCH3 is 1. The van der Waals surface area contributed by atoms with Crippen LogP contribution in [0.25, 0.3) is 0 Å². The van der Waals surface area contributed by atoms with E-state index in [1.54, 1.807) is 7.11 Å². The lowest BCUT2D eigenvalue weighted by Crippen LogP contribution is -2.30. The largest absolute Gasteiger partial charge is 0.497 e. The van der Waals surface area contributed by atoms with E-state index in [1.807, 2.05) is 24.3 Å². The van der Waals surface area contributed by atoms with Crippen LogP contribution in [0.4, 0.5) is 5.69 Å². The van der Waals surface area contributed by atoms with Gasteiger partial charge in [0.2, 0.25) is 0 Å². The molecule has 0 saturated heterocycles. The summed E-state index contributed by atoms with van der Waals surface area (Å²) in [6.07, 6.45) is 0.943. The zero-order valence-electron chi connectivity index (χ0n) is 13.9. The third-order valence-corrected chi connectivity index (χ3v) is 3.92. The van der Waals surface area contributed by atoms with Crippen molar-refractivity contribution in [2.24, 2.45) is 0 Å². The van der Waals surface area contributed by atoms with Crippen LogP contribution in [-0.2, 0) is 6.42 Å². The molecule has 0 radical (unpaired) electrons. The van der Waals surface area contributed by atoms with Gasteiger partial charge in [0.25, 0.3) is 0 Å². The van der Waals surface area contributed by atoms with Crippen molar-refractivity contribution < 1.29 is 4.74 Å². The first kappa shape index (κ1) is 17.3. The summed E-state index contributed by atoms with van der Waals surface area (Å²) in [5, 5.41) is 7.02. The number of benzene rings is 2. The first-order chi connectivity index (χ1) is 11.1. The molecule has 0 aromatic heterocycles. The summed E-state index contributed by atoms with van der Waals surface area (Å²) < 4.78 is 5.20. The average Bonchev–Trinajstić information content (AvgIpc) is 2.55. The molecule has 0 heterocycles. The predicted octanol–water partition coefficient (Wildman–Crippen LogP) is 4.35. The molecule has 0 unspecified atom stereocenters. The van der Waals surface area contributed by atoms with Gasteiger partial charge in [-0.3, -0.25) is 0 Å². The van der Waals surface area contributed by atoms with Crippen LogP contribution in [0.3, 0.4) is 0 Å². The van der Waals surface area contributed by atoms with E-state index in [4.69, 9.17) is 17.0 Å². The standard InChI is InChI=1S/C19H24N2OS/c1-14(2)16-9-7-15(8-10-16)11-12-20-19(23)21-17-5-4-6-18(13-17)22-3/h4-10,13-14H,11-12H2,1-3H3,(H2,20,21,23). The van der Waals surface area contributed by atoms with E-state index in [0.29, 0.717) is 11.0 Å². The van der Waals surface area contributed by atoms with E-state index in [2.05, 4.69) is 48.7 Å². The van der Waals surface area contributed by atoms with Crippen LogP contribution in [-0.4, -0.2) is 18.8 Å².